The molecule has 1 aliphatic rings. The van der Waals surface area contributed by atoms with Crippen LogP contribution in [0.15, 0.2) is 24.7 Å². The van der Waals surface area contributed by atoms with E-state index in [0.29, 0.717) is 17.8 Å². The zero-order valence-electron chi connectivity index (χ0n) is 13.1. The molecule has 7 nitrogen and oxygen atoms in total. The molecule has 7 heteroatoms. The molecule has 3 rings (SSSR count). The number of hydrogen-bond donors (Lipinski definition) is 3. The molecule has 1 fully saturated rings. The van der Waals surface area contributed by atoms with Crippen molar-refractivity contribution in [3.63, 3.8) is 0 Å². The highest BCUT2D eigenvalue weighted by Crippen LogP contribution is 2.31. The van der Waals surface area contributed by atoms with Gasteiger partial charge < -0.3 is 16.2 Å². The van der Waals surface area contributed by atoms with E-state index in [0.717, 1.165) is 37.1 Å². The first-order chi connectivity index (χ1) is 11.1. The van der Waals surface area contributed by atoms with Crippen LogP contribution in [-0.4, -0.2) is 31.9 Å². The number of carbonyl (C=O) groups is 1. The van der Waals surface area contributed by atoms with Gasteiger partial charge >= 0.3 is 5.97 Å². The Labute approximate surface area is 134 Å². The number of hydrogen-bond acceptors (Lipinski definition) is 5. The lowest BCUT2D eigenvalue weighted by molar-refractivity contribution is 0.0698. The third-order valence-electron chi connectivity index (χ3n) is 4.45. The predicted molar refractivity (Wildman–Crippen MR) is 86.9 cm³/mol. The third kappa shape index (κ3) is 3.19. The first-order valence-electron chi connectivity index (χ1n) is 7.80. The standard InChI is InChI=1S/C16H21N5O2/c1-10-14(20-15-8-18-7-6-13(15)16(22)23)9-19-21(10)12-4-2-11(17)3-5-12/h6-9,11-12,20H,2-5,17H2,1H3,(H,22,23). The topological polar surface area (TPSA) is 106 Å². The number of pyridine rings is 1. The van der Waals surface area contributed by atoms with Gasteiger partial charge in [-0.15, -0.1) is 0 Å². The van der Waals surface area contributed by atoms with Gasteiger partial charge in [0.05, 0.1) is 41.1 Å². The van der Waals surface area contributed by atoms with Crippen molar-refractivity contribution in [2.45, 2.75) is 44.7 Å². The van der Waals surface area contributed by atoms with E-state index in [9.17, 15) is 9.90 Å². The Balaban J connectivity index is 1.82. The van der Waals surface area contributed by atoms with Gasteiger partial charge in [0.2, 0.25) is 0 Å². The summed E-state index contributed by atoms with van der Waals surface area (Å²) in [6.45, 7) is 1.99. The van der Waals surface area contributed by atoms with E-state index in [2.05, 4.69) is 15.4 Å². The first kappa shape index (κ1) is 15.5. The van der Waals surface area contributed by atoms with Crippen LogP contribution in [0, 0.1) is 6.92 Å². The second-order valence-corrected chi connectivity index (χ2v) is 6.01. The molecule has 23 heavy (non-hydrogen) atoms. The van der Waals surface area contributed by atoms with Crippen molar-refractivity contribution in [1.82, 2.24) is 14.8 Å². The normalized spacial score (nSPS) is 21.1. The Bertz CT molecular complexity index is 704. The highest BCUT2D eigenvalue weighted by molar-refractivity contribution is 5.94. The van der Waals surface area contributed by atoms with Gasteiger partial charge in [0, 0.05) is 12.2 Å². The van der Waals surface area contributed by atoms with Crippen LogP contribution in [0.1, 0.15) is 47.8 Å². The van der Waals surface area contributed by atoms with Crippen molar-refractivity contribution >= 4 is 17.3 Å². The third-order valence-corrected chi connectivity index (χ3v) is 4.45. The Morgan fingerprint density at radius 1 is 1.30 bits per heavy atom. The molecule has 1 saturated carbocycles. The average molecular weight is 315 g/mol. The molecule has 1 aliphatic carbocycles. The summed E-state index contributed by atoms with van der Waals surface area (Å²) in [6, 6.07) is 2.14. The van der Waals surface area contributed by atoms with E-state index in [-0.39, 0.29) is 5.56 Å². The van der Waals surface area contributed by atoms with Crippen molar-refractivity contribution in [2.24, 2.45) is 5.73 Å². The molecule has 0 atom stereocenters. The predicted octanol–water partition coefficient (Wildman–Crippen LogP) is 2.47. The van der Waals surface area contributed by atoms with Gasteiger partial charge in [-0.05, 0) is 38.7 Å². The Hall–Kier alpha value is -2.41. The van der Waals surface area contributed by atoms with E-state index in [1.165, 1.54) is 18.5 Å². The zero-order valence-corrected chi connectivity index (χ0v) is 13.1. The van der Waals surface area contributed by atoms with E-state index in [4.69, 9.17) is 5.73 Å². The fourth-order valence-electron chi connectivity index (χ4n) is 3.09. The fourth-order valence-corrected chi connectivity index (χ4v) is 3.09. The van der Waals surface area contributed by atoms with Gasteiger partial charge in [-0.25, -0.2) is 4.79 Å². The van der Waals surface area contributed by atoms with Crippen molar-refractivity contribution < 1.29 is 9.90 Å². The minimum absolute atomic E-state index is 0.191. The monoisotopic (exact) mass is 315 g/mol. The summed E-state index contributed by atoms with van der Waals surface area (Å²) in [5, 5.41) is 16.9. The second-order valence-electron chi connectivity index (χ2n) is 6.01. The van der Waals surface area contributed by atoms with E-state index < -0.39 is 5.97 Å². The molecule has 0 bridgehead atoms. The molecule has 2 aromatic heterocycles. The summed E-state index contributed by atoms with van der Waals surface area (Å²) in [7, 11) is 0. The summed E-state index contributed by atoms with van der Waals surface area (Å²) in [4.78, 5) is 15.3. The lowest BCUT2D eigenvalue weighted by Gasteiger charge is -2.27. The minimum Gasteiger partial charge on any atom is -0.478 e. The van der Waals surface area contributed by atoms with E-state index in [1.54, 1.807) is 6.20 Å². The van der Waals surface area contributed by atoms with E-state index in [1.807, 2.05) is 11.6 Å². The number of carboxylic acid groups (broad SMARTS) is 1. The number of aromatic carboxylic acids is 1. The van der Waals surface area contributed by atoms with Crippen LogP contribution in [-0.2, 0) is 0 Å². The van der Waals surface area contributed by atoms with Crippen molar-refractivity contribution in [3.05, 3.63) is 35.9 Å². The number of anilines is 2. The Kier molecular flexibility index (Phi) is 4.29. The number of nitrogens with two attached hydrogens (primary N) is 1. The first-order valence-corrected chi connectivity index (χ1v) is 7.80. The van der Waals surface area contributed by atoms with Crippen LogP contribution in [0.2, 0.25) is 0 Å². The molecule has 4 N–H and O–H groups in total. The van der Waals surface area contributed by atoms with Gasteiger partial charge in [0.25, 0.3) is 0 Å². The molecule has 0 radical (unpaired) electrons. The number of carboxylic acids is 1. The van der Waals surface area contributed by atoms with E-state index >= 15 is 0 Å². The molecule has 0 saturated heterocycles. The molecule has 0 aliphatic heterocycles. The van der Waals surface area contributed by atoms with Crippen molar-refractivity contribution in [3.8, 4) is 0 Å². The largest absolute Gasteiger partial charge is 0.478 e. The molecular weight excluding hydrogens is 294 g/mol. The fraction of sp³-hybridized carbons (Fsp3) is 0.438. The maximum atomic E-state index is 11.3. The Morgan fingerprint density at radius 3 is 2.74 bits per heavy atom. The quantitative estimate of drug-likeness (QED) is 0.800. The molecular formula is C16H21N5O2. The van der Waals surface area contributed by atoms with Gasteiger partial charge in [0.15, 0.2) is 0 Å². The number of aromatic nitrogens is 3. The van der Waals surface area contributed by atoms with Crippen molar-refractivity contribution in [2.75, 3.05) is 5.32 Å². The van der Waals surface area contributed by atoms with Gasteiger partial charge in [-0.1, -0.05) is 0 Å². The van der Waals surface area contributed by atoms with Crippen LogP contribution in [0.25, 0.3) is 0 Å². The van der Waals surface area contributed by atoms with Gasteiger partial charge in [0.1, 0.15) is 0 Å². The second kappa shape index (κ2) is 6.37. The highest BCUT2D eigenvalue weighted by atomic mass is 16.4. The van der Waals surface area contributed by atoms with Gasteiger partial charge in [-0.2, -0.15) is 5.10 Å². The van der Waals surface area contributed by atoms with Crippen molar-refractivity contribution in [1.29, 1.82) is 0 Å². The minimum atomic E-state index is -0.985. The SMILES string of the molecule is Cc1c(Nc2cnccc2C(=O)O)cnn1C1CCC(N)CC1. The number of rotatable bonds is 4. The Morgan fingerprint density at radius 2 is 2.04 bits per heavy atom. The van der Waals surface area contributed by atoms with Crippen LogP contribution in [0.4, 0.5) is 11.4 Å². The smallest absolute Gasteiger partial charge is 0.337 e. The van der Waals surface area contributed by atoms with Crippen LogP contribution in [0.5, 0.6) is 0 Å². The molecule has 0 spiro atoms. The molecule has 0 amide bonds. The maximum absolute atomic E-state index is 11.3. The van der Waals surface area contributed by atoms with Gasteiger partial charge in [-0.3, -0.25) is 9.67 Å². The molecule has 2 aromatic rings. The van der Waals surface area contributed by atoms with Crippen LogP contribution < -0.4 is 11.1 Å². The molecule has 2 heterocycles. The molecule has 122 valence electrons. The van der Waals surface area contributed by atoms with Crippen LogP contribution in [0.3, 0.4) is 0 Å². The maximum Gasteiger partial charge on any atom is 0.337 e. The molecule has 0 aromatic carbocycles. The van der Waals surface area contributed by atoms with Crippen LogP contribution >= 0.6 is 0 Å². The number of nitrogens with zero attached hydrogens (tertiary/aromatic N) is 3. The summed E-state index contributed by atoms with van der Waals surface area (Å²) < 4.78 is 2.02. The lowest BCUT2D eigenvalue weighted by Crippen LogP contribution is -2.28. The highest BCUT2D eigenvalue weighted by Gasteiger charge is 2.23. The summed E-state index contributed by atoms with van der Waals surface area (Å²) in [5.41, 5.74) is 8.41. The molecule has 0 unspecified atom stereocenters. The summed E-state index contributed by atoms with van der Waals surface area (Å²) >= 11 is 0. The summed E-state index contributed by atoms with van der Waals surface area (Å²) in [6.07, 6.45) is 8.79. The lowest BCUT2D eigenvalue weighted by atomic mass is 9.92. The average Bonchev–Trinajstić information content (AvgIpc) is 2.90. The number of nitrogens with one attached hydrogen (secondary N) is 1. The zero-order chi connectivity index (χ0) is 16.4. The summed E-state index contributed by atoms with van der Waals surface area (Å²) in [5.74, 6) is -0.985.